The molecule has 0 unspecified atom stereocenters. The minimum atomic E-state index is 0.717. The van der Waals surface area contributed by atoms with Crippen molar-refractivity contribution in [3.8, 4) is 11.1 Å². The fourth-order valence-electron chi connectivity index (χ4n) is 4.08. The second-order valence-electron chi connectivity index (χ2n) is 8.59. The van der Waals surface area contributed by atoms with Crippen molar-refractivity contribution in [3.05, 3.63) is 42.2 Å². The van der Waals surface area contributed by atoms with Crippen molar-refractivity contribution < 1.29 is 0 Å². The van der Waals surface area contributed by atoms with Gasteiger partial charge in [0.2, 0.25) is 5.95 Å². The van der Waals surface area contributed by atoms with Gasteiger partial charge < -0.3 is 15.2 Å². The van der Waals surface area contributed by atoms with Crippen molar-refractivity contribution in [3.63, 3.8) is 0 Å². The zero-order valence-electron chi connectivity index (χ0n) is 17.2. The van der Waals surface area contributed by atoms with E-state index in [4.69, 9.17) is 0 Å². The Bertz CT molecular complexity index is 951. The van der Waals surface area contributed by atoms with E-state index in [-0.39, 0.29) is 0 Å². The molecule has 6 heteroatoms. The standard InChI is InChI=1S/C23H30N6/c1-28-10-12-29(13-11-28)16-18-4-6-19(7-5-18)20-14-25-22-21(20)15-26-23(27-22)24-9-8-17-2-3-17/h4-7,14-15,17H,2-3,8-13,16H2,1H3,(H2,24,25,26,27). The lowest BCUT2D eigenvalue weighted by Gasteiger charge is -2.32. The van der Waals surface area contributed by atoms with E-state index in [0.29, 0.717) is 5.95 Å². The Balaban J connectivity index is 1.26. The number of fused-ring (bicyclic) bond motifs is 1. The molecule has 0 amide bonds. The van der Waals surface area contributed by atoms with E-state index in [1.165, 1.54) is 30.4 Å². The molecule has 1 aliphatic carbocycles. The van der Waals surface area contributed by atoms with Crippen LogP contribution in [0.3, 0.4) is 0 Å². The number of hydrogen-bond donors (Lipinski definition) is 2. The number of aromatic amines is 1. The van der Waals surface area contributed by atoms with Gasteiger partial charge in [-0.1, -0.05) is 37.1 Å². The SMILES string of the molecule is CN1CCN(Cc2ccc(-c3c[nH]c4nc(NCCC5CC5)ncc34)cc2)CC1. The van der Waals surface area contributed by atoms with Gasteiger partial charge in [0.05, 0.1) is 0 Å². The largest absolute Gasteiger partial charge is 0.354 e. The third-order valence-corrected chi connectivity index (χ3v) is 6.23. The lowest BCUT2D eigenvalue weighted by Crippen LogP contribution is -2.43. The van der Waals surface area contributed by atoms with Crippen LogP contribution in [0, 0.1) is 5.92 Å². The Morgan fingerprint density at radius 1 is 1.10 bits per heavy atom. The lowest BCUT2D eigenvalue weighted by molar-refractivity contribution is 0.148. The van der Waals surface area contributed by atoms with Crippen molar-refractivity contribution in [2.45, 2.75) is 25.8 Å². The van der Waals surface area contributed by atoms with Crippen LogP contribution in [0.5, 0.6) is 0 Å². The first-order valence-electron chi connectivity index (χ1n) is 10.8. The van der Waals surface area contributed by atoms with Crippen molar-refractivity contribution in [1.82, 2.24) is 24.8 Å². The van der Waals surface area contributed by atoms with Gasteiger partial charge in [0.25, 0.3) is 0 Å². The smallest absolute Gasteiger partial charge is 0.224 e. The quantitative estimate of drug-likeness (QED) is 0.646. The first-order chi connectivity index (χ1) is 14.2. The number of rotatable bonds is 7. The van der Waals surface area contributed by atoms with Crippen LogP contribution in [0.15, 0.2) is 36.7 Å². The third kappa shape index (κ3) is 4.43. The summed E-state index contributed by atoms with van der Waals surface area (Å²) in [7, 11) is 2.20. The zero-order valence-corrected chi connectivity index (χ0v) is 17.2. The van der Waals surface area contributed by atoms with Crippen LogP contribution in [0.2, 0.25) is 0 Å². The van der Waals surface area contributed by atoms with E-state index in [2.05, 4.69) is 61.4 Å². The van der Waals surface area contributed by atoms with Crippen LogP contribution in [0.4, 0.5) is 5.95 Å². The molecular formula is C23H30N6. The predicted octanol–water partition coefficient (Wildman–Crippen LogP) is 3.58. The van der Waals surface area contributed by atoms with Crippen LogP contribution in [0.25, 0.3) is 22.2 Å². The number of nitrogens with one attached hydrogen (secondary N) is 2. The van der Waals surface area contributed by atoms with Gasteiger partial charge in [0.1, 0.15) is 5.65 Å². The summed E-state index contributed by atoms with van der Waals surface area (Å²) in [6.07, 6.45) is 7.97. The average Bonchev–Trinajstić information content (AvgIpc) is 3.47. The molecule has 1 saturated carbocycles. The van der Waals surface area contributed by atoms with Crippen molar-refractivity contribution >= 4 is 17.0 Å². The van der Waals surface area contributed by atoms with Gasteiger partial charge in [-0.05, 0) is 30.5 Å². The van der Waals surface area contributed by atoms with E-state index in [1.807, 2.05) is 12.4 Å². The first-order valence-corrected chi connectivity index (χ1v) is 10.8. The molecule has 152 valence electrons. The fourth-order valence-corrected chi connectivity index (χ4v) is 4.08. The number of H-pyrrole nitrogens is 1. The van der Waals surface area contributed by atoms with Crippen LogP contribution in [-0.4, -0.2) is 64.5 Å². The lowest BCUT2D eigenvalue weighted by atomic mass is 10.0. The molecule has 2 aromatic heterocycles. The Labute approximate surface area is 172 Å². The molecule has 3 heterocycles. The van der Waals surface area contributed by atoms with Gasteiger partial charge >= 0.3 is 0 Å². The molecule has 2 fully saturated rings. The first kappa shape index (κ1) is 18.6. The Hall–Kier alpha value is -2.44. The van der Waals surface area contributed by atoms with Crippen molar-refractivity contribution in [2.75, 3.05) is 45.1 Å². The number of aromatic nitrogens is 3. The third-order valence-electron chi connectivity index (χ3n) is 6.23. The molecule has 2 aliphatic rings. The van der Waals surface area contributed by atoms with Crippen LogP contribution < -0.4 is 5.32 Å². The molecule has 1 aromatic carbocycles. The highest BCUT2D eigenvalue weighted by molar-refractivity contribution is 5.93. The molecule has 2 N–H and O–H groups in total. The van der Waals surface area contributed by atoms with Gasteiger partial charge in [0, 0.05) is 62.6 Å². The maximum atomic E-state index is 4.65. The average molecular weight is 391 g/mol. The number of anilines is 1. The number of nitrogens with zero attached hydrogens (tertiary/aromatic N) is 4. The maximum absolute atomic E-state index is 4.65. The zero-order chi connectivity index (χ0) is 19.6. The number of likely N-dealkylation sites (N-methyl/N-ethyl adjacent to an activating group) is 1. The van der Waals surface area contributed by atoms with Crippen LogP contribution in [-0.2, 0) is 6.54 Å². The van der Waals surface area contributed by atoms with Crippen LogP contribution >= 0.6 is 0 Å². The molecule has 0 atom stereocenters. The van der Waals surface area contributed by atoms with Crippen molar-refractivity contribution in [2.24, 2.45) is 5.92 Å². The summed E-state index contributed by atoms with van der Waals surface area (Å²) in [5, 5.41) is 4.43. The van der Waals surface area contributed by atoms with E-state index in [1.54, 1.807) is 0 Å². The van der Waals surface area contributed by atoms with E-state index in [9.17, 15) is 0 Å². The Morgan fingerprint density at radius 2 is 1.90 bits per heavy atom. The summed E-state index contributed by atoms with van der Waals surface area (Å²) < 4.78 is 0. The minimum absolute atomic E-state index is 0.717. The second-order valence-corrected chi connectivity index (χ2v) is 8.59. The highest BCUT2D eigenvalue weighted by Gasteiger charge is 2.20. The molecule has 0 spiro atoms. The highest BCUT2D eigenvalue weighted by Crippen LogP contribution is 2.32. The topological polar surface area (TPSA) is 60.1 Å². The molecule has 0 radical (unpaired) electrons. The van der Waals surface area contributed by atoms with Crippen LogP contribution in [0.1, 0.15) is 24.8 Å². The maximum Gasteiger partial charge on any atom is 0.224 e. The van der Waals surface area contributed by atoms with E-state index >= 15 is 0 Å². The van der Waals surface area contributed by atoms with Crippen molar-refractivity contribution in [1.29, 1.82) is 0 Å². The van der Waals surface area contributed by atoms with Gasteiger partial charge in [0.15, 0.2) is 0 Å². The number of benzene rings is 1. The summed E-state index contributed by atoms with van der Waals surface area (Å²) in [5.41, 5.74) is 4.63. The van der Waals surface area contributed by atoms with E-state index < -0.39 is 0 Å². The summed E-state index contributed by atoms with van der Waals surface area (Å²) in [5.74, 6) is 1.64. The van der Waals surface area contributed by atoms with Gasteiger partial charge in [-0.15, -0.1) is 0 Å². The van der Waals surface area contributed by atoms with E-state index in [0.717, 1.165) is 61.8 Å². The monoisotopic (exact) mass is 390 g/mol. The minimum Gasteiger partial charge on any atom is -0.354 e. The molecule has 1 saturated heterocycles. The molecule has 5 rings (SSSR count). The van der Waals surface area contributed by atoms with Gasteiger partial charge in [-0.25, -0.2) is 4.98 Å². The predicted molar refractivity (Wildman–Crippen MR) is 118 cm³/mol. The number of piperazine rings is 1. The Morgan fingerprint density at radius 3 is 2.66 bits per heavy atom. The molecule has 29 heavy (non-hydrogen) atoms. The summed E-state index contributed by atoms with van der Waals surface area (Å²) >= 11 is 0. The summed E-state index contributed by atoms with van der Waals surface area (Å²) in [6, 6.07) is 8.94. The summed E-state index contributed by atoms with van der Waals surface area (Å²) in [6.45, 7) is 6.60. The second kappa shape index (κ2) is 8.13. The highest BCUT2D eigenvalue weighted by atomic mass is 15.2. The molecule has 0 bridgehead atoms. The normalized spacial score (nSPS) is 18.4. The molecular weight excluding hydrogens is 360 g/mol. The fraction of sp³-hybridized carbons (Fsp3) is 0.478. The molecule has 1 aliphatic heterocycles. The van der Waals surface area contributed by atoms with Gasteiger partial charge in [-0.3, -0.25) is 4.90 Å². The van der Waals surface area contributed by atoms with Gasteiger partial charge in [-0.2, -0.15) is 4.98 Å². The number of hydrogen-bond acceptors (Lipinski definition) is 5. The molecule has 6 nitrogen and oxygen atoms in total. The summed E-state index contributed by atoms with van der Waals surface area (Å²) in [4.78, 5) is 17.4. The Kier molecular flexibility index (Phi) is 5.21. The molecule has 3 aromatic rings.